The molecule has 0 saturated carbocycles. The van der Waals surface area contributed by atoms with E-state index in [4.69, 9.17) is 4.74 Å². The van der Waals surface area contributed by atoms with Crippen molar-refractivity contribution >= 4 is 5.78 Å². The van der Waals surface area contributed by atoms with Crippen molar-refractivity contribution < 1.29 is 14.6 Å². The first kappa shape index (κ1) is 17.7. The molecule has 1 unspecified atom stereocenters. The molecule has 118 valence electrons. The SMILES string of the molecule is CCCC(O)Cc1c(CC(=O)C(C)(C)C)cccc1OC. The first-order valence-electron chi connectivity index (χ1n) is 7.65. The summed E-state index contributed by atoms with van der Waals surface area (Å²) in [5.74, 6) is 0.950. The van der Waals surface area contributed by atoms with Gasteiger partial charge >= 0.3 is 0 Å². The zero-order valence-corrected chi connectivity index (χ0v) is 13.9. The van der Waals surface area contributed by atoms with Gasteiger partial charge in [0.15, 0.2) is 0 Å². The number of ether oxygens (including phenoxy) is 1. The average molecular weight is 292 g/mol. The summed E-state index contributed by atoms with van der Waals surface area (Å²) in [6.45, 7) is 7.85. The number of carbonyl (C=O) groups is 1. The fourth-order valence-corrected chi connectivity index (χ4v) is 2.31. The molecule has 0 spiro atoms. The van der Waals surface area contributed by atoms with Crippen LogP contribution < -0.4 is 4.74 Å². The molecule has 0 radical (unpaired) electrons. The number of aliphatic hydroxyl groups excluding tert-OH is 1. The van der Waals surface area contributed by atoms with E-state index >= 15 is 0 Å². The van der Waals surface area contributed by atoms with Crippen LogP contribution >= 0.6 is 0 Å². The first-order valence-corrected chi connectivity index (χ1v) is 7.65. The Morgan fingerprint density at radius 2 is 2.00 bits per heavy atom. The first-order chi connectivity index (χ1) is 9.79. The molecule has 1 aromatic rings. The number of benzene rings is 1. The Morgan fingerprint density at radius 1 is 1.33 bits per heavy atom. The van der Waals surface area contributed by atoms with Crippen molar-refractivity contribution in [3.05, 3.63) is 29.3 Å². The van der Waals surface area contributed by atoms with E-state index in [-0.39, 0.29) is 11.2 Å². The van der Waals surface area contributed by atoms with Gasteiger partial charge in [-0.2, -0.15) is 0 Å². The van der Waals surface area contributed by atoms with E-state index in [0.29, 0.717) is 12.8 Å². The number of rotatable bonds is 7. The number of aliphatic hydroxyl groups is 1. The van der Waals surface area contributed by atoms with E-state index < -0.39 is 6.10 Å². The zero-order valence-electron chi connectivity index (χ0n) is 13.9. The molecule has 0 aromatic heterocycles. The van der Waals surface area contributed by atoms with E-state index in [1.165, 1.54) is 0 Å². The van der Waals surface area contributed by atoms with Gasteiger partial charge in [0, 0.05) is 23.8 Å². The monoisotopic (exact) mass is 292 g/mol. The van der Waals surface area contributed by atoms with Crippen LogP contribution in [0.25, 0.3) is 0 Å². The van der Waals surface area contributed by atoms with E-state index in [1.54, 1.807) is 7.11 Å². The van der Waals surface area contributed by atoms with Gasteiger partial charge in [0.1, 0.15) is 11.5 Å². The number of hydrogen-bond acceptors (Lipinski definition) is 3. The van der Waals surface area contributed by atoms with Crippen LogP contribution in [0.3, 0.4) is 0 Å². The Morgan fingerprint density at radius 3 is 2.52 bits per heavy atom. The van der Waals surface area contributed by atoms with Crippen molar-refractivity contribution in [1.29, 1.82) is 0 Å². The van der Waals surface area contributed by atoms with Crippen molar-refractivity contribution in [3.8, 4) is 5.75 Å². The maximum Gasteiger partial charge on any atom is 0.142 e. The highest BCUT2D eigenvalue weighted by atomic mass is 16.5. The highest BCUT2D eigenvalue weighted by molar-refractivity contribution is 5.86. The second-order valence-corrected chi connectivity index (χ2v) is 6.59. The number of ketones is 1. The molecule has 0 aliphatic carbocycles. The lowest BCUT2D eigenvalue weighted by Crippen LogP contribution is -2.23. The predicted octanol–water partition coefficient (Wildman–Crippen LogP) is 3.56. The van der Waals surface area contributed by atoms with Crippen molar-refractivity contribution in [2.24, 2.45) is 5.41 Å². The third kappa shape index (κ3) is 5.16. The average Bonchev–Trinajstić information content (AvgIpc) is 2.39. The molecule has 1 aromatic carbocycles. The van der Waals surface area contributed by atoms with Crippen LogP contribution in [0.4, 0.5) is 0 Å². The van der Waals surface area contributed by atoms with Gasteiger partial charge in [-0.1, -0.05) is 46.2 Å². The Balaban J connectivity index is 3.05. The third-order valence-corrected chi connectivity index (χ3v) is 3.70. The lowest BCUT2D eigenvalue weighted by atomic mass is 9.85. The molecule has 0 amide bonds. The molecule has 0 aliphatic heterocycles. The number of hydrogen-bond donors (Lipinski definition) is 1. The molecular formula is C18H28O3. The molecule has 0 bridgehead atoms. The molecule has 3 heteroatoms. The summed E-state index contributed by atoms with van der Waals surface area (Å²) in [6.07, 6.45) is 2.21. The van der Waals surface area contributed by atoms with Gasteiger partial charge < -0.3 is 9.84 Å². The molecule has 0 saturated heterocycles. The largest absolute Gasteiger partial charge is 0.496 e. The van der Waals surface area contributed by atoms with E-state index in [9.17, 15) is 9.90 Å². The van der Waals surface area contributed by atoms with Gasteiger partial charge in [-0.15, -0.1) is 0 Å². The van der Waals surface area contributed by atoms with E-state index in [0.717, 1.165) is 29.7 Å². The van der Waals surface area contributed by atoms with Crippen molar-refractivity contribution in [2.75, 3.05) is 7.11 Å². The van der Waals surface area contributed by atoms with Crippen molar-refractivity contribution in [3.63, 3.8) is 0 Å². The van der Waals surface area contributed by atoms with Gasteiger partial charge in [0.2, 0.25) is 0 Å². The minimum Gasteiger partial charge on any atom is -0.496 e. The zero-order chi connectivity index (χ0) is 16.0. The molecule has 0 fully saturated rings. The highest BCUT2D eigenvalue weighted by Gasteiger charge is 2.23. The minimum absolute atomic E-state index is 0.196. The highest BCUT2D eigenvalue weighted by Crippen LogP contribution is 2.27. The fraction of sp³-hybridized carbons (Fsp3) is 0.611. The maximum absolute atomic E-state index is 12.3. The summed E-state index contributed by atoms with van der Waals surface area (Å²) in [5.41, 5.74) is 1.56. The Kier molecular flexibility index (Phi) is 6.41. The Labute approximate surface area is 128 Å². The fourth-order valence-electron chi connectivity index (χ4n) is 2.31. The van der Waals surface area contributed by atoms with Gasteiger partial charge in [-0.05, 0) is 18.1 Å². The van der Waals surface area contributed by atoms with Gasteiger partial charge in [0.25, 0.3) is 0 Å². The van der Waals surface area contributed by atoms with Crippen molar-refractivity contribution in [2.45, 2.75) is 59.5 Å². The summed E-state index contributed by atoms with van der Waals surface area (Å²) < 4.78 is 5.41. The third-order valence-electron chi connectivity index (χ3n) is 3.70. The number of Topliss-reactive ketones (excluding diaryl/α,β-unsaturated/α-hetero) is 1. The lowest BCUT2D eigenvalue weighted by Gasteiger charge is -2.20. The second kappa shape index (κ2) is 7.60. The summed E-state index contributed by atoms with van der Waals surface area (Å²) in [7, 11) is 1.63. The summed E-state index contributed by atoms with van der Waals surface area (Å²) in [6, 6.07) is 5.75. The van der Waals surface area contributed by atoms with Crippen LogP contribution in [0.15, 0.2) is 18.2 Å². The second-order valence-electron chi connectivity index (χ2n) is 6.59. The van der Waals surface area contributed by atoms with Crippen LogP contribution in [0, 0.1) is 5.41 Å². The van der Waals surface area contributed by atoms with Crippen LogP contribution in [-0.2, 0) is 17.6 Å². The van der Waals surface area contributed by atoms with Gasteiger partial charge in [0.05, 0.1) is 13.2 Å². The van der Waals surface area contributed by atoms with Crippen molar-refractivity contribution in [1.82, 2.24) is 0 Å². The molecule has 1 atom stereocenters. The topological polar surface area (TPSA) is 46.5 Å². The predicted molar refractivity (Wildman–Crippen MR) is 85.8 cm³/mol. The van der Waals surface area contributed by atoms with E-state index in [2.05, 4.69) is 6.92 Å². The lowest BCUT2D eigenvalue weighted by molar-refractivity contribution is -0.125. The normalized spacial score (nSPS) is 13.0. The molecular weight excluding hydrogens is 264 g/mol. The minimum atomic E-state index is -0.394. The van der Waals surface area contributed by atoms with Gasteiger partial charge in [-0.3, -0.25) is 4.79 Å². The van der Waals surface area contributed by atoms with Crippen LogP contribution in [0.1, 0.15) is 51.7 Å². The molecule has 0 aliphatic rings. The van der Waals surface area contributed by atoms with Crippen LogP contribution in [-0.4, -0.2) is 24.1 Å². The Hall–Kier alpha value is -1.35. The summed E-state index contributed by atoms with van der Waals surface area (Å²) in [5, 5.41) is 10.1. The molecule has 1 N–H and O–H groups in total. The van der Waals surface area contributed by atoms with Gasteiger partial charge in [-0.25, -0.2) is 0 Å². The summed E-state index contributed by atoms with van der Waals surface area (Å²) >= 11 is 0. The van der Waals surface area contributed by atoms with Crippen LogP contribution in [0.2, 0.25) is 0 Å². The van der Waals surface area contributed by atoms with Crippen LogP contribution in [0.5, 0.6) is 5.75 Å². The maximum atomic E-state index is 12.3. The number of methoxy groups -OCH3 is 1. The molecule has 3 nitrogen and oxygen atoms in total. The summed E-state index contributed by atoms with van der Waals surface area (Å²) in [4.78, 5) is 12.3. The smallest absolute Gasteiger partial charge is 0.142 e. The molecule has 0 heterocycles. The quantitative estimate of drug-likeness (QED) is 0.836. The standard InChI is InChI=1S/C18H28O3/c1-6-8-14(19)12-15-13(9-7-10-16(15)21-5)11-17(20)18(2,3)4/h7,9-10,14,19H,6,8,11-12H2,1-5H3. The van der Waals surface area contributed by atoms with E-state index in [1.807, 2.05) is 39.0 Å². The molecule has 1 rings (SSSR count). The molecule has 21 heavy (non-hydrogen) atoms. The number of carbonyl (C=O) groups excluding carboxylic acids is 1. The Bertz CT molecular complexity index is 472.